The maximum Gasteiger partial charge on any atom is 0.255 e. The number of aliphatic hydroxyl groups is 1. The van der Waals surface area contributed by atoms with E-state index in [2.05, 4.69) is 22.8 Å². The first-order chi connectivity index (χ1) is 17.5. The number of rotatable bonds is 8. The van der Waals surface area contributed by atoms with E-state index in [9.17, 15) is 14.7 Å². The third kappa shape index (κ3) is 5.26. The molecule has 5 rings (SSSR count). The molecule has 2 aromatic rings. The second-order valence-electron chi connectivity index (χ2n) is 9.92. The molecule has 1 saturated heterocycles. The number of nitrogens with zero attached hydrogens (tertiary/aromatic N) is 1. The van der Waals surface area contributed by atoms with Crippen molar-refractivity contribution in [3.05, 3.63) is 64.2 Å². The average Bonchev–Trinajstić information content (AvgIpc) is 3.21. The minimum absolute atomic E-state index is 0.0107. The molecule has 8 nitrogen and oxygen atoms in total. The van der Waals surface area contributed by atoms with Gasteiger partial charge in [0.2, 0.25) is 0 Å². The fourth-order valence-electron chi connectivity index (χ4n) is 5.43. The maximum atomic E-state index is 13.2. The lowest BCUT2D eigenvalue weighted by atomic mass is 9.93. The monoisotopic (exact) mass is 493 g/mol. The summed E-state index contributed by atoms with van der Waals surface area (Å²) in [6.07, 6.45) is 1.90. The predicted octanol–water partition coefficient (Wildman–Crippen LogP) is 2.27. The van der Waals surface area contributed by atoms with E-state index >= 15 is 0 Å². The molecule has 192 valence electrons. The number of carbonyl (C=O) groups excluding carboxylic acids is 2. The second-order valence-corrected chi connectivity index (χ2v) is 9.92. The van der Waals surface area contributed by atoms with E-state index in [1.165, 1.54) is 11.1 Å². The SMILES string of the molecule is CCOc1cc2c(cc1C(=O)NCC(O)[C@@H]1Cc3ccccc3CN1)CN(CC1CCOCC1)C2=O. The highest BCUT2D eigenvalue weighted by molar-refractivity contribution is 6.03. The zero-order chi connectivity index (χ0) is 25.1. The lowest BCUT2D eigenvalue weighted by Crippen LogP contribution is -2.49. The number of ether oxygens (including phenoxy) is 2. The van der Waals surface area contributed by atoms with Gasteiger partial charge in [0.05, 0.1) is 18.3 Å². The summed E-state index contributed by atoms with van der Waals surface area (Å²) < 4.78 is 11.2. The fraction of sp³-hybridized carbons (Fsp3) is 0.500. The van der Waals surface area contributed by atoms with Crippen molar-refractivity contribution in [1.29, 1.82) is 0 Å². The molecule has 3 N–H and O–H groups in total. The molecular formula is C28H35N3O5. The van der Waals surface area contributed by atoms with Crippen molar-refractivity contribution in [1.82, 2.24) is 15.5 Å². The van der Waals surface area contributed by atoms with Crippen LogP contribution in [0.3, 0.4) is 0 Å². The van der Waals surface area contributed by atoms with Crippen LogP contribution in [0.2, 0.25) is 0 Å². The number of aliphatic hydroxyl groups excluding tert-OH is 1. The zero-order valence-corrected chi connectivity index (χ0v) is 20.8. The molecular weight excluding hydrogens is 458 g/mol. The third-order valence-electron chi connectivity index (χ3n) is 7.50. The van der Waals surface area contributed by atoms with Gasteiger partial charge in [-0.3, -0.25) is 9.59 Å². The molecule has 1 fully saturated rings. The lowest BCUT2D eigenvalue weighted by Gasteiger charge is -2.30. The number of fused-ring (bicyclic) bond motifs is 2. The van der Waals surface area contributed by atoms with Crippen molar-refractivity contribution in [3.8, 4) is 5.75 Å². The van der Waals surface area contributed by atoms with E-state index in [-0.39, 0.29) is 24.4 Å². The number of amides is 2. The van der Waals surface area contributed by atoms with Gasteiger partial charge in [0.1, 0.15) is 5.75 Å². The van der Waals surface area contributed by atoms with Gasteiger partial charge in [0.25, 0.3) is 11.8 Å². The number of hydrogen-bond donors (Lipinski definition) is 3. The Hall–Kier alpha value is -2.94. The van der Waals surface area contributed by atoms with Crippen molar-refractivity contribution in [3.63, 3.8) is 0 Å². The highest BCUT2D eigenvalue weighted by atomic mass is 16.5. The van der Waals surface area contributed by atoms with Gasteiger partial charge in [-0.25, -0.2) is 0 Å². The molecule has 2 amide bonds. The van der Waals surface area contributed by atoms with Crippen LogP contribution in [0, 0.1) is 5.92 Å². The molecule has 0 aromatic heterocycles. The summed E-state index contributed by atoms with van der Waals surface area (Å²) in [5, 5.41) is 17.0. The van der Waals surface area contributed by atoms with Crippen molar-refractivity contribution in [2.45, 2.75) is 51.4 Å². The molecule has 3 aliphatic heterocycles. The molecule has 2 atom stereocenters. The van der Waals surface area contributed by atoms with Crippen LogP contribution in [0.1, 0.15) is 57.2 Å². The first-order valence-corrected chi connectivity index (χ1v) is 13.0. The van der Waals surface area contributed by atoms with E-state index in [1.807, 2.05) is 24.0 Å². The van der Waals surface area contributed by atoms with Gasteiger partial charge in [-0.2, -0.15) is 0 Å². The molecule has 1 unspecified atom stereocenters. The van der Waals surface area contributed by atoms with Gasteiger partial charge in [-0.05, 0) is 60.9 Å². The van der Waals surface area contributed by atoms with Crippen molar-refractivity contribution in [2.75, 3.05) is 32.9 Å². The Morgan fingerprint density at radius 3 is 2.78 bits per heavy atom. The third-order valence-corrected chi connectivity index (χ3v) is 7.50. The number of benzene rings is 2. The summed E-state index contributed by atoms with van der Waals surface area (Å²) in [7, 11) is 0. The van der Waals surface area contributed by atoms with E-state index < -0.39 is 6.10 Å². The Morgan fingerprint density at radius 2 is 2.00 bits per heavy atom. The normalized spacial score (nSPS) is 20.6. The van der Waals surface area contributed by atoms with E-state index in [0.717, 1.165) is 31.6 Å². The van der Waals surface area contributed by atoms with Gasteiger partial charge in [0, 0.05) is 51.0 Å². The standard InChI is InChI=1S/C28H35N3O5/c1-2-36-26-13-22-21(17-31(28(22)34)16-18-7-9-35-10-8-18)11-23(26)27(33)30-15-25(32)24-12-19-5-3-4-6-20(19)14-29-24/h3-6,11,13,18,24-25,29,32H,2,7-10,12,14-17H2,1H3,(H,30,33)/t24-,25?/m0/s1. The molecule has 3 heterocycles. The van der Waals surface area contributed by atoms with Crippen LogP contribution in [0.15, 0.2) is 36.4 Å². The van der Waals surface area contributed by atoms with Crippen LogP contribution in [0.4, 0.5) is 0 Å². The van der Waals surface area contributed by atoms with Gasteiger partial charge in [-0.1, -0.05) is 24.3 Å². The number of carbonyl (C=O) groups is 2. The maximum absolute atomic E-state index is 13.2. The number of nitrogens with one attached hydrogen (secondary N) is 2. The average molecular weight is 494 g/mol. The molecule has 2 aromatic carbocycles. The van der Waals surface area contributed by atoms with Crippen LogP contribution in [-0.4, -0.2) is 66.9 Å². The van der Waals surface area contributed by atoms with Gasteiger partial charge < -0.3 is 30.1 Å². The smallest absolute Gasteiger partial charge is 0.255 e. The van der Waals surface area contributed by atoms with Crippen molar-refractivity contribution < 1.29 is 24.2 Å². The lowest BCUT2D eigenvalue weighted by molar-refractivity contribution is 0.0469. The first kappa shape index (κ1) is 24.7. The van der Waals surface area contributed by atoms with Crippen LogP contribution < -0.4 is 15.4 Å². The summed E-state index contributed by atoms with van der Waals surface area (Å²) in [5.74, 6) is 0.512. The summed E-state index contributed by atoms with van der Waals surface area (Å²) in [4.78, 5) is 28.1. The molecule has 3 aliphatic rings. The molecule has 36 heavy (non-hydrogen) atoms. The summed E-state index contributed by atoms with van der Waals surface area (Å²) in [6, 6.07) is 11.5. The Labute approximate surface area is 212 Å². The molecule has 0 saturated carbocycles. The topological polar surface area (TPSA) is 100 Å². The predicted molar refractivity (Wildman–Crippen MR) is 135 cm³/mol. The highest BCUT2D eigenvalue weighted by Crippen LogP contribution is 2.32. The van der Waals surface area contributed by atoms with Crippen LogP contribution in [-0.2, 0) is 24.2 Å². The van der Waals surface area contributed by atoms with Crippen LogP contribution >= 0.6 is 0 Å². The second kappa shape index (κ2) is 11.0. The Balaban J connectivity index is 1.24. The summed E-state index contributed by atoms with van der Waals surface area (Å²) >= 11 is 0. The van der Waals surface area contributed by atoms with Crippen molar-refractivity contribution in [2.24, 2.45) is 5.92 Å². The van der Waals surface area contributed by atoms with Gasteiger partial charge in [0.15, 0.2) is 0 Å². The molecule has 0 bridgehead atoms. The Morgan fingerprint density at radius 1 is 1.22 bits per heavy atom. The van der Waals surface area contributed by atoms with E-state index in [0.29, 0.717) is 55.5 Å². The Bertz CT molecular complexity index is 1110. The fourth-order valence-corrected chi connectivity index (χ4v) is 5.43. The van der Waals surface area contributed by atoms with Gasteiger partial charge >= 0.3 is 0 Å². The first-order valence-electron chi connectivity index (χ1n) is 13.0. The van der Waals surface area contributed by atoms with Gasteiger partial charge in [-0.15, -0.1) is 0 Å². The minimum Gasteiger partial charge on any atom is -0.493 e. The zero-order valence-electron chi connectivity index (χ0n) is 20.8. The van der Waals surface area contributed by atoms with Crippen LogP contribution in [0.25, 0.3) is 0 Å². The molecule has 0 radical (unpaired) electrons. The minimum atomic E-state index is -0.733. The number of hydrogen-bond acceptors (Lipinski definition) is 6. The molecule has 8 heteroatoms. The molecule has 0 aliphatic carbocycles. The largest absolute Gasteiger partial charge is 0.493 e. The molecule has 0 spiro atoms. The van der Waals surface area contributed by atoms with E-state index in [4.69, 9.17) is 9.47 Å². The highest BCUT2D eigenvalue weighted by Gasteiger charge is 2.32. The van der Waals surface area contributed by atoms with E-state index in [1.54, 1.807) is 12.1 Å². The Kier molecular flexibility index (Phi) is 7.55. The quantitative estimate of drug-likeness (QED) is 0.522. The van der Waals surface area contributed by atoms with Crippen molar-refractivity contribution >= 4 is 11.8 Å². The van der Waals surface area contributed by atoms with Crippen LogP contribution in [0.5, 0.6) is 5.75 Å². The summed E-state index contributed by atoms with van der Waals surface area (Å²) in [5.41, 5.74) is 4.30. The summed E-state index contributed by atoms with van der Waals surface area (Å²) in [6.45, 7) is 5.73.